The number of nitrogens with zero attached hydrogens (tertiary/aromatic N) is 2. The van der Waals surface area contributed by atoms with Gasteiger partial charge in [-0.05, 0) is 37.5 Å². The van der Waals surface area contributed by atoms with Crippen molar-refractivity contribution in [3.05, 3.63) is 29.6 Å². The van der Waals surface area contributed by atoms with E-state index in [1.54, 1.807) is 0 Å². The second-order valence-corrected chi connectivity index (χ2v) is 4.90. The number of aromatic nitrogens is 2. The molecule has 1 N–H and O–H groups in total. The van der Waals surface area contributed by atoms with Gasteiger partial charge in [0.1, 0.15) is 0 Å². The lowest BCUT2D eigenvalue weighted by atomic mass is 9.92. The molecular formula is C13H11F3N2O2. The summed E-state index contributed by atoms with van der Waals surface area (Å²) in [7, 11) is 0. The van der Waals surface area contributed by atoms with E-state index in [0.717, 1.165) is 11.0 Å². The lowest BCUT2D eigenvalue weighted by Crippen LogP contribution is -2.23. The Hall–Kier alpha value is -2.05. The summed E-state index contributed by atoms with van der Waals surface area (Å²) in [6.07, 6.45) is -2.35. The van der Waals surface area contributed by atoms with E-state index in [9.17, 15) is 18.0 Å². The van der Waals surface area contributed by atoms with Crippen LogP contribution >= 0.6 is 0 Å². The van der Waals surface area contributed by atoms with Crippen LogP contribution in [0.3, 0.4) is 0 Å². The predicted molar refractivity (Wildman–Crippen MR) is 64.6 cm³/mol. The fourth-order valence-corrected chi connectivity index (χ4v) is 2.44. The maximum Gasteiger partial charge on any atom is 0.449 e. The molecule has 4 nitrogen and oxygen atoms in total. The van der Waals surface area contributed by atoms with Crippen LogP contribution in [0.4, 0.5) is 13.2 Å². The fraction of sp³-hybridized carbons (Fsp3) is 0.385. The van der Waals surface area contributed by atoms with Crippen molar-refractivity contribution >= 4 is 17.0 Å². The molecule has 1 fully saturated rings. The topological polar surface area (TPSA) is 55.1 Å². The molecule has 0 spiro atoms. The van der Waals surface area contributed by atoms with Crippen LogP contribution < -0.4 is 0 Å². The Balaban J connectivity index is 2.26. The van der Waals surface area contributed by atoms with Gasteiger partial charge in [-0.25, -0.2) is 9.78 Å². The molecule has 106 valence electrons. The second-order valence-electron chi connectivity index (χ2n) is 4.90. The summed E-state index contributed by atoms with van der Waals surface area (Å²) in [5.41, 5.74) is 0.378. The van der Waals surface area contributed by atoms with E-state index in [1.807, 2.05) is 0 Å². The fourth-order valence-electron chi connectivity index (χ4n) is 2.44. The Labute approximate surface area is 111 Å². The number of imidazole rings is 1. The molecule has 0 unspecified atom stereocenters. The molecule has 0 aliphatic heterocycles. The Morgan fingerprint density at radius 2 is 2.05 bits per heavy atom. The van der Waals surface area contributed by atoms with Crippen LogP contribution in [0, 0.1) is 0 Å². The summed E-state index contributed by atoms with van der Waals surface area (Å²) in [5, 5.41) is 8.96. The average Bonchev–Trinajstić information content (AvgIpc) is 2.65. The number of fused-ring (bicyclic) bond motifs is 1. The van der Waals surface area contributed by atoms with Crippen molar-refractivity contribution in [3.8, 4) is 0 Å². The van der Waals surface area contributed by atoms with Crippen molar-refractivity contribution in [3.63, 3.8) is 0 Å². The highest BCUT2D eigenvalue weighted by atomic mass is 19.4. The molecule has 2 aromatic rings. The number of carbonyl (C=O) groups is 1. The number of carboxylic acid groups (broad SMARTS) is 1. The van der Waals surface area contributed by atoms with E-state index in [0.29, 0.717) is 12.8 Å². The third kappa shape index (κ3) is 1.93. The van der Waals surface area contributed by atoms with Gasteiger partial charge in [-0.3, -0.25) is 0 Å². The maximum atomic E-state index is 13.1. The SMILES string of the molecule is O=C(O)c1ccc2nc(C(F)(F)F)n(C3CCC3)c2c1. The third-order valence-corrected chi connectivity index (χ3v) is 3.63. The first-order valence-electron chi connectivity index (χ1n) is 6.20. The Bertz CT molecular complexity index is 687. The van der Waals surface area contributed by atoms with Crippen molar-refractivity contribution in [2.24, 2.45) is 0 Å². The zero-order chi connectivity index (χ0) is 14.5. The maximum absolute atomic E-state index is 13.1. The molecule has 1 saturated carbocycles. The van der Waals surface area contributed by atoms with Crippen molar-refractivity contribution in [2.45, 2.75) is 31.5 Å². The Kier molecular flexibility index (Phi) is 2.74. The first kappa shape index (κ1) is 13.0. The minimum absolute atomic E-state index is 0.0355. The number of alkyl halides is 3. The van der Waals surface area contributed by atoms with E-state index < -0.39 is 18.0 Å². The summed E-state index contributed by atoms with van der Waals surface area (Å²) < 4.78 is 40.3. The summed E-state index contributed by atoms with van der Waals surface area (Å²) >= 11 is 0. The molecule has 1 heterocycles. The Morgan fingerprint density at radius 3 is 2.55 bits per heavy atom. The molecule has 3 rings (SSSR count). The lowest BCUT2D eigenvalue weighted by Gasteiger charge is -2.29. The third-order valence-electron chi connectivity index (χ3n) is 3.63. The largest absolute Gasteiger partial charge is 0.478 e. The second kappa shape index (κ2) is 4.22. The monoisotopic (exact) mass is 284 g/mol. The molecule has 0 bridgehead atoms. The normalized spacial score (nSPS) is 16.4. The number of hydrogen-bond donors (Lipinski definition) is 1. The van der Waals surface area contributed by atoms with Crippen molar-refractivity contribution in [1.29, 1.82) is 0 Å². The van der Waals surface area contributed by atoms with Gasteiger partial charge in [0.2, 0.25) is 5.82 Å². The quantitative estimate of drug-likeness (QED) is 0.918. The van der Waals surface area contributed by atoms with Crippen LogP contribution in [0.25, 0.3) is 11.0 Å². The zero-order valence-corrected chi connectivity index (χ0v) is 10.3. The zero-order valence-electron chi connectivity index (χ0n) is 10.3. The van der Waals surface area contributed by atoms with Crippen molar-refractivity contribution in [2.75, 3.05) is 0 Å². The highest BCUT2D eigenvalue weighted by Gasteiger charge is 2.40. The van der Waals surface area contributed by atoms with Crippen LogP contribution in [-0.2, 0) is 6.18 Å². The standard InChI is InChI=1S/C13H11F3N2O2/c14-13(15,16)12-17-9-5-4-7(11(19)20)6-10(9)18(12)8-2-1-3-8/h4-6,8H,1-3H2,(H,19,20). The molecule has 1 aromatic heterocycles. The number of benzene rings is 1. The van der Waals surface area contributed by atoms with E-state index in [-0.39, 0.29) is 22.6 Å². The molecule has 1 aromatic carbocycles. The average molecular weight is 284 g/mol. The number of hydrogen-bond acceptors (Lipinski definition) is 2. The number of halogens is 3. The Morgan fingerprint density at radius 1 is 1.35 bits per heavy atom. The van der Waals surface area contributed by atoms with Crippen LogP contribution in [0.2, 0.25) is 0 Å². The van der Waals surface area contributed by atoms with Gasteiger partial charge in [-0.15, -0.1) is 0 Å². The molecule has 20 heavy (non-hydrogen) atoms. The van der Waals surface area contributed by atoms with E-state index in [4.69, 9.17) is 5.11 Å². The van der Waals surface area contributed by atoms with E-state index in [1.165, 1.54) is 18.2 Å². The highest BCUT2D eigenvalue weighted by Crippen LogP contribution is 2.40. The van der Waals surface area contributed by atoms with Gasteiger partial charge in [-0.2, -0.15) is 13.2 Å². The van der Waals surface area contributed by atoms with Gasteiger partial charge in [0.25, 0.3) is 0 Å². The van der Waals surface area contributed by atoms with Gasteiger partial charge in [0, 0.05) is 6.04 Å². The number of aromatic carboxylic acids is 1. The molecule has 0 amide bonds. The van der Waals surface area contributed by atoms with Crippen LogP contribution in [0.15, 0.2) is 18.2 Å². The van der Waals surface area contributed by atoms with E-state index >= 15 is 0 Å². The molecule has 0 radical (unpaired) electrons. The minimum Gasteiger partial charge on any atom is -0.478 e. The number of carboxylic acids is 1. The molecule has 1 aliphatic carbocycles. The summed E-state index contributed by atoms with van der Waals surface area (Å²) in [4.78, 5) is 14.6. The molecule has 1 aliphatic rings. The van der Waals surface area contributed by atoms with Crippen LogP contribution in [0.5, 0.6) is 0 Å². The molecule has 7 heteroatoms. The lowest BCUT2D eigenvalue weighted by molar-refractivity contribution is -0.148. The molecule has 0 saturated heterocycles. The van der Waals surface area contributed by atoms with Crippen LogP contribution in [-0.4, -0.2) is 20.6 Å². The summed E-state index contributed by atoms with van der Waals surface area (Å²) in [6, 6.07) is 3.60. The molecule has 0 atom stereocenters. The smallest absolute Gasteiger partial charge is 0.449 e. The minimum atomic E-state index is -4.54. The number of rotatable bonds is 2. The van der Waals surface area contributed by atoms with Gasteiger partial charge in [-0.1, -0.05) is 0 Å². The van der Waals surface area contributed by atoms with Gasteiger partial charge in [0.05, 0.1) is 16.6 Å². The van der Waals surface area contributed by atoms with Gasteiger partial charge < -0.3 is 9.67 Å². The highest BCUT2D eigenvalue weighted by molar-refractivity contribution is 5.92. The summed E-state index contributed by atoms with van der Waals surface area (Å²) in [5.74, 6) is -2.11. The van der Waals surface area contributed by atoms with Crippen LogP contribution in [0.1, 0.15) is 41.5 Å². The predicted octanol–water partition coefficient (Wildman–Crippen LogP) is 3.48. The van der Waals surface area contributed by atoms with Crippen molar-refractivity contribution < 1.29 is 23.1 Å². The van der Waals surface area contributed by atoms with Gasteiger partial charge >= 0.3 is 12.1 Å². The van der Waals surface area contributed by atoms with E-state index in [2.05, 4.69) is 4.98 Å². The molecular weight excluding hydrogens is 273 g/mol. The first-order chi connectivity index (χ1) is 9.38. The van der Waals surface area contributed by atoms with Crippen molar-refractivity contribution in [1.82, 2.24) is 9.55 Å². The van der Waals surface area contributed by atoms with Gasteiger partial charge in [0.15, 0.2) is 0 Å². The first-order valence-corrected chi connectivity index (χ1v) is 6.20. The summed E-state index contributed by atoms with van der Waals surface area (Å²) in [6.45, 7) is 0.